The van der Waals surface area contributed by atoms with Crippen LogP contribution in [0.3, 0.4) is 0 Å². The van der Waals surface area contributed by atoms with Crippen molar-refractivity contribution in [1.29, 1.82) is 0 Å². The predicted molar refractivity (Wildman–Crippen MR) is 95.0 cm³/mol. The summed E-state index contributed by atoms with van der Waals surface area (Å²) in [7, 11) is 0. The van der Waals surface area contributed by atoms with Crippen molar-refractivity contribution in [2.45, 2.75) is 0 Å². The van der Waals surface area contributed by atoms with E-state index in [9.17, 15) is 9.59 Å². The Morgan fingerprint density at radius 3 is 2.16 bits per heavy atom. The van der Waals surface area contributed by atoms with E-state index in [1.807, 2.05) is 54.6 Å². The fourth-order valence-electron chi connectivity index (χ4n) is 2.28. The number of benzene rings is 2. The molecule has 0 atom stereocenters. The molecule has 124 valence electrons. The molecule has 5 heteroatoms. The molecule has 1 amide bonds. The third kappa shape index (κ3) is 4.51. The quantitative estimate of drug-likeness (QED) is 0.726. The van der Waals surface area contributed by atoms with Crippen LogP contribution in [-0.2, 0) is 9.53 Å². The van der Waals surface area contributed by atoms with E-state index in [0.717, 1.165) is 11.1 Å². The third-order valence-corrected chi connectivity index (χ3v) is 3.53. The summed E-state index contributed by atoms with van der Waals surface area (Å²) in [4.78, 5) is 27.5. The minimum atomic E-state index is -0.558. The Balaban J connectivity index is 1.54. The summed E-state index contributed by atoms with van der Waals surface area (Å²) in [6.07, 6.45) is 2.98. The molecule has 1 aromatic heterocycles. The molecule has 0 unspecified atom stereocenters. The van der Waals surface area contributed by atoms with E-state index in [4.69, 9.17) is 4.74 Å². The van der Waals surface area contributed by atoms with Gasteiger partial charge in [0, 0.05) is 18.1 Å². The number of carbonyl (C=O) groups is 2. The minimum Gasteiger partial charge on any atom is -0.452 e. The molecule has 0 radical (unpaired) electrons. The lowest BCUT2D eigenvalue weighted by Gasteiger charge is -2.08. The van der Waals surface area contributed by atoms with Gasteiger partial charge in [0.15, 0.2) is 6.61 Å². The highest BCUT2D eigenvalue weighted by Gasteiger charge is 2.10. The molecule has 0 aliphatic rings. The van der Waals surface area contributed by atoms with E-state index in [1.165, 1.54) is 24.5 Å². The molecule has 2 aromatic carbocycles. The van der Waals surface area contributed by atoms with Crippen LogP contribution in [0.1, 0.15) is 10.4 Å². The van der Waals surface area contributed by atoms with Gasteiger partial charge < -0.3 is 10.1 Å². The van der Waals surface area contributed by atoms with Crippen molar-refractivity contribution in [2.24, 2.45) is 0 Å². The number of rotatable bonds is 5. The van der Waals surface area contributed by atoms with Crippen LogP contribution in [0.4, 0.5) is 5.69 Å². The molecule has 1 heterocycles. The Kier molecular flexibility index (Phi) is 5.16. The lowest BCUT2D eigenvalue weighted by atomic mass is 10.1. The Morgan fingerprint density at radius 2 is 1.48 bits per heavy atom. The molecule has 0 fully saturated rings. The number of anilines is 1. The molecule has 1 N–H and O–H groups in total. The van der Waals surface area contributed by atoms with Gasteiger partial charge in [0.1, 0.15) is 0 Å². The highest BCUT2D eigenvalue weighted by Crippen LogP contribution is 2.20. The van der Waals surface area contributed by atoms with Crippen LogP contribution in [0.25, 0.3) is 11.1 Å². The summed E-state index contributed by atoms with van der Waals surface area (Å²) < 4.78 is 4.98. The maximum absolute atomic E-state index is 11.9. The van der Waals surface area contributed by atoms with Crippen molar-refractivity contribution in [2.75, 3.05) is 11.9 Å². The van der Waals surface area contributed by atoms with Gasteiger partial charge in [-0.3, -0.25) is 9.78 Å². The van der Waals surface area contributed by atoms with Gasteiger partial charge in [0.2, 0.25) is 0 Å². The lowest BCUT2D eigenvalue weighted by Crippen LogP contribution is -2.20. The number of carbonyl (C=O) groups excluding carboxylic acids is 2. The fraction of sp³-hybridized carbons (Fsp3) is 0.0500. The fourth-order valence-corrected chi connectivity index (χ4v) is 2.28. The number of nitrogens with one attached hydrogen (secondary N) is 1. The Hall–Kier alpha value is -3.47. The van der Waals surface area contributed by atoms with Gasteiger partial charge >= 0.3 is 5.97 Å². The summed E-state index contributed by atoms with van der Waals surface area (Å²) in [6.45, 7) is -0.346. The normalized spacial score (nSPS) is 10.1. The molecule has 3 rings (SSSR count). The number of hydrogen-bond donors (Lipinski definition) is 1. The van der Waals surface area contributed by atoms with Crippen molar-refractivity contribution in [1.82, 2.24) is 4.98 Å². The standard InChI is InChI=1S/C20H16N2O3/c23-19(14-25-20(24)17-10-12-21-13-11-17)22-18-8-6-16(7-9-18)15-4-2-1-3-5-15/h1-13H,14H2,(H,22,23). The van der Waals surface area contributed by atoms with Crippen molar-refractivity contribution >= 4 is 17.6 Å². The largest absolute Gasteiger partial charge is 0.452 e. The summed E-state index contributed by atoms with van der Waals surface area (Å²) in [5.41, 5.74) is 3.16. The van der Waals surface area contributed by atoms with Crippen LogP contribution in [0, 0.1) is 0 Å². The van der Waals surface area contributed by atoms with Gasteiger partial charge in [-0.15, -0.1) is 0 Å². The summed E-state index contributed by atoms with van der Waals surface area (Å²) in [5, 5.41) is 2.70. The molecular formula is C20H16N2O3. The first kappa shape index (κ1) is 16.4. The maximum atomic E-state index is 11.9. The van der Waals surface area contributed by atoms with Crippen molar-refractivity contribution < 1.29 is 14.3 Å². The first-order valence-corrected chi connectivity index (χ1v) is 7.75. The molecule has 0 spiro atoms. The molecule has 0 bridgehead atoms. The summed E-state index contributed by atoms with van der Waals surface area (Å²) in [6, 6.07) is 20.5. The highest BCUT2D eigenvalue weighted by molar-refractivity contribution is 5.95. The number of nitrogens with zero attached hydrogens (tertiary/aromatic N) is 1. The zero-order valence-electron chi connectivity index (χ0n) is 13.4. The number of amides is 1. The molecule has 5 nitrogen and oxygen atoms in total. The topological polar surface area (TPSA) is 68.3 Å². The second kappa shape index (κ2) is 7.88. The smallest absolute Gasteiger partial charge is 0.338 e. The van der Waals surface area contributed by atoms with Gasteiger partial charge in [-0.1, -0.05) is 42.5 Å². The number of hydrogen-bond acceptors (Lipinski definition) is 4. The number of pyridine rings is 1. The molecule has 0 aliphatic heterocycles. The van der Waals surface area contributed by atoms with Crippen molar-refractivity contribution in [3.8, 4) is 11.1 Å². The molecule has 0 saturated heterocycles. The van der Waals surface area contributed by atoms with Crippen LogP contribution in [0.2, 0.25) is 0 Å². The second-order valence-corrected chi connectivity index (χ2v) is 5.30. The van der Waals surface area contributed by atoms with Gasteiger partial charge in [-0.25, -0.2) is 4.79 Å². The minimum absolute atomic E-state index is 0.346. The predicted octanol–water partition coefficient (Wildman–Crippen LogP) is 3.54. The SMILES string of the molecule is O=C(COC(=O)c1ccncc1)Nc1ccc(-c2ccccc2)cc1. The average Bonchev–Trinajstić information content (AvgIpc) is 2.68. The Morgan fingerprint density at radius 1 is 0.840 bits per heavy atom. The molecule has 3 aromatic rings. The van der Waals surface area contributed by atoms with Crippen molar-refractivity contribution in [3.63, 3.8) is 0 Å². The van der Waals surface area contributed by atoms with Gasteiger partial charge in [0.25, 0.3) is 5.91 Å². The van der Waals surface area contributed by atoms with Crippen LogP contribution < -0.4 is 5.32 Å². The van der Waals surface area contributed by atoms with E-state index in [2.05, 4.69) is 10.3 Å². The van der Waals surface area contributed by atoms with Crippen LogP contribution in [0.5, 0.6) is 0 Å². The maximum Gasteiger partial charge on any atom is 0.338 e. The van der Waals surface area contributed by atoms with E-state index < -0.39 is 11.9 Å². The van der Waals surface area contributed by atoms with Crippen LogP contribution in [0.15, 0.2) is 79.1 Å². The average molecular weight is 332 g/mol. The number of aromatic nitrogens is 1. The van der Waals surface area contributed by atoms with Crippen LogP contribution in [-0.4, -0.2) is 23.5 Å². The first-order chi connectivity index (χ1) is 12.2. The zero-order chi connectivity index (χ0) is 17.5. The van der Waals surface area contributed by atoms with E-state index in [1.54, 1.807) is 0 Å². The third-order valence-electron chi connectivity index (χ3n) is 3.53. The first-order valence-electron chi connectivity index (χ1n) is 7.75. The van der Waals surface area contributed by atoms with E-state index in [-0.39, 0.29) is 6.61 Å². The summed E-state index contributed by atoms with van der Waals surface area (Å²) in [5.74, 6) is -0.952. The van der Waals surface area contributed by atoms with Gasteiger partial charge in [-0.05, 0) is 35.4 Å². The monoisotopic (exact) mass is 332 g/mol. The van der Waals surface area contributed by atoms with Crippen LogP contribution >= 0.6 is 0 Å². The van der Waals surface area contributed by atoms with E-state index >= 15 is 0 Å². The zero-order valence-corrected chi connectivity index (χ0v) is 13.4. The molecular weight excluding hydrogens is 316 g/mol. The van der Waals surface area contributed by atoms with Gasteiger partial charge in [0.05, 0.1) is 5.56 Å². The second-order valence-electron chi connectivity index (χ2n) is 5.30. The van der Waals surface area contributed by atoms with Crippen molar-refractivity contribution in [3.05, 3.63) is 84.7 Å². The summed E-state index contributed by atoms with van der Waals surface area (Å²) >= 11 is 0. The van der Waals surface area contributed by atoms with E-state index in [0.29, 0.717) is 11.3 Å². The highest BCUT2D eigenvalue weighted by atomic mass is 16.5. The molecule has 0 saturated carbocycles. The Bertz CT molecular complexity index is 847. The number of ether oxygens (including phenoxy) is 1. The lowest BCUT2D eigenvalue weighted by molar-refractivity contribution is -0.119. The van der Waals surface area contributed by atoms with Gasteiger partial charge in [-0.2, -0.15) is 0 Å². The molecule has 25 heavy (non-hydrogen) atoms. The Labute approximate surface area is 145 Å². The molecule has 0 aliphatic carbocycles. The number of esters is 1.